The van der Waals surface area contributed by atoms with Crippen molar-refractivity contribution in [2.75, 3.05) is 5.73 Å². The van der Waals surface area contributed by atoms with Gasteiger partial charge in [0.25, 0.3) is 5.56 Å². The molecule has 1 heterocycles. The van der Waals surface area contributed by atoms with Gasteiger partial charge in [-0.15, -0.1) is 0 Å². The van der Waals surface area contributed by atoms with E-state index < -0.39 is 0 Å². The van der Waals surface area contributed by atoms with Crippen molar-refractivity contribution >= 4 is 28.1 Å². The van der Waals surface area contributed by atoms with Crippen molar-refractivity contribution in [1.82, 2.24) is 9.78 Å². The average Bonchev–Trinajstić information content (AvgIpc) is 2.65. The van der Waals surface area contributed by atoms with Crippen LogP contribution in [-0.2, 0) is 0 Å². The monoisotopic (exact) mass is 365 g/mol. The molecule has 2 N–H and O–H groups in total. The van der Waals surface area contributed by atoms with Gasteiger partial charge in [-0.3, -0.25) is 4.79 Å². The summed E-state index contributed by atoms with van der Waals surface area (Å²) in [6.45, 7) is 0. The number of hydrogen-bond acceptors (Lipinski definition) is 3. The lowest BCUT2D eigenvalue weighted by Gasteiger charge is -2.13. The SMILES string of the molecule is Nc1ccc(Cl)cc1-n1nc(-c2ccc(F)cc2)c2ccccc2c1=O. The summed E-state index contributed by atoms with van der Waals surface area (Å²) in [4.78, 5) is 13.0. The first kappa shape index (κ1) is 16.3. The van der Waals surface area contributed by atoms with E-state index >= 15 is 0 Å². The highest BCUT2D eigenvalue weighted by Crippen LogP contribution is 2.27. The number of halogens is 2. The fourth-order valence-electron chi connectivity index (χ4n) is 2.87. The van der Waals surface area contributed by atoms with Crippen molar-refractivity contribution in [3.63, 3.8) is 0 Å². The number of aromatic nitrogens is 2. The molecule has 4 aromatic rings. The molecule has 4 nitrogen and oxygen atoms in total. The molecule has 0 unspecified atom stereocenters. The lowest BCUT2D eigenvalue weighted by Crippen LogP contribution is -2.23. The normalized spacial score (nSPS) is 11.0. The zero-order valence-corrected chi connectivity index (χ0v) is 14.2. The minimum absolute atomic E-state index is 0.305. The van der Waals surface area contributed by atoms with E-state index in [1.807, 2.05) is 12.1 Å². The van der Waals surface area contributed by atoms with Crippen LogP contribution in [0.25, 0.3) is 27.7 Å². The van der Waals surface area contributed by atoms with Crippen molar-refractivity contribution in [3.8, 4) is 16.9 Å². The highest BCUT2D eigenvalue weighted by atomic mass is 35.5. The van der Waals surface area contributed by atoms with E-state index in [-0.39, 0.29) is 11.4 Å². The Morgan fingerprint density at radius 3 is 2.38 bits per heavy atom. The molecule has 1 aromatic heterocycles. The largest absolute Gasteiger partial charge is 0.397 e. The van der Waals surface area contributed by atoms with Gasteiger partial charge in [0, 0.05) is 16.0 Å². The highest BCUT2D eigenvalue weighted by Gasteiger charge is 2.15. The van der Waals surface area contributed by atoms with Crippen LogP contribution in [0.5, 0.6) is 0 Å². The second kappa shape index (κ2) is 6.28. The summed E-state index contributed by atoms with van der Waals surface area (Å²) >= 11 is 6.07. The smallest absolute Gasteiger partial charge is 0.279 e. The molecule has 128 valence electrons. The molecule has 0 bridgehead atoms. The van der Waals surface area contributed by atoms with Crippen LogP contribution in [0.1, 0.15) is 0 Å². The van der Waals surface area contributed by atoms with Gasteiger partial charge in [0.05, 0.1) is 22.5 Å². The zero-order valence-electron chi connectivity index (χ0n) is 13.5. The van der Waals surface area contributed by atoms with Crippen LogP contribution in [0, 0.1) is 5.82 Å². The Morgan fingerprint density at radius 1 is 0.962 bits per heavy atom. The van der Waals surface area contributed by atoms with Crippen LogP contribution in [0.4, 0.5) is 10.1 Å². The number of benzene rings is 3. The molecule has 0 aliphatic rings. The van der Waals surface area contributed by atoms with Gasteiger partial charge >= 0.3 is 0 Å². The van der Waals surface area contributed by atoms with Gasteiger partial charge < -0.3 is 5.73 Å². The molecule has 0 aliphatic heterocycles. The van der Waals surface area contributed by atoms with Crippen LogP contribution >= 0.6 is 11.6 Å². The van der Waals surface area contributed by atoms with Gasteiger partial charge in [-0.25, -0.2) is 4.39 Å². The van der Waals surface area contributed by atoms with Gasteiger partial charge in [-0.05, 0) is 48.5 Å². The van der Waals surface area contributed by atoms with Crippen LogP contribution < -0.4 is 11.3 Å². The lowest BCUT2D eigenvalue weighted by atomic mass is 10.0. The Morgan fingerprint density at radius 2 is 1.65 bits per heavy atom. The predicted octanol–water partition coefficient (Wildman–Crippen LogP) is 4.43. The Labute approximate surface area is 153 Å². The number of nitrogens with two attached hydrogens (primary N) is 1. The third-order valence-electron chi connectivity index (χ3n) is 4.14. The molecule has 6 heteroatoms. The Hall–Kier alpha value is -3.18. The minimum atomic E-state index is -0.342. The molecule has 0 spiro atoms. The lowest BCUT2D eigenvalue weighted by molar-refractivity contribution is 0.628. The summed E-state index contributed by atoms with van der Waals surface area (Å²) in [6, 6.07) is 18.0. The van der Waals surface area contributed by atoms with Gasteiger partial charge in [-0.1, -0.05) is 29.8 Å². The maximum absolute atomic E-state index is 13.3. The summed E-state index contributed by atoms with van der Waals surface area (Å²) in [5.41, 5.74) is 7.76. The summed E-state index contributed by atoms with van der Waals surface area (Å²) in [7, 11) is 0. The third kappa shape index (κ3) is 2.72. The molecule has 0 amide bonds. The maximum Gasteiger partial charge on any atom is 0.279 e. The standard InChI is InChI=1S/C20H13ClFN3O/c21-13-7-10-17(23)18(11-13)25-20(26)16-4-2-1-3-15(16)19(24-25)12-5-8-14(22)9-6-12/h1-11H,23H2. The topological polar surface area (TPSA) is 60.9 Å². The van der Waals surface area contributed by atoms with E-state index in [0.717, 1.165) is 0 Å². The van der Waals surface area contributed by atoms with Crippen LogP contribution in [-0.4, -0.2) is 9.78 Å². The highest BCUT2D eigenvalue weighted by molar-refractivity contribution is 6.30. The van der Waals surface area contributed by atoms with Crippen molar-refractivity contribution < 1.29 is 4.39 Å². The van der Waals surface area contributed by atoms with E-state index in [9.17, 15) is 9.18 Å². The quantitative estimate of drug-likeness (QED) is 0.535. The Kier molecular flexibility index (Phi) is 3.93. The van der Waals surface area contributed by atoms with E-state index in [4.69, 9.17) is 17.3 Å². The maximum atomic E-state index is 13.3. The number of anilines is 1. The van der Waals surface area contributed by atoms with Crippen molar-refractivity contribution in [2.45, 2.75) is 0 Å². The molecule has 0 saturated carbocycles. The summed E-state index contributed by atoms with van der Waals surface area (Å²) < 4.78 is 14.6. The molecule has 26 heavy (non-hydrogen) atoms. The molecule has 0 saturated heterocycles. The van der Waals surface area contributed by atoms with E-state index in [1.54, 1.807) is 42.5 Å². The number of nitrogen functional groups attached to an aromatic ring is 1. The predicted molar refractivity (Wildman–Crippen MR) is 102 cm³/mol. The van der Waals surface area contributed by atoms with Crippen molar-refractivity contribution in [3.05, 3.63) is 87.9 Å². The molecule has 0 fully saturated rings. The summed E-state index contributed by atoms with van der Waals surface area (Å²) in [5, 5.41) is 6.13. The first-order chi connectivity index (χ1) is 12.5. The van der Waals surface area contributed by atoms with Crippen LogP contribution in [0.3, 0.4) is 0 Å². The Balaban J connectivity index is 2.09. The fraction of sp³-hybridized carbons (Fsp3) is 0. The molecule has 4 rings (SSSR count). The molecular weight excluding hydrogens is 353 g/mol. The van der Waals surface area contributed by atoms with Crippen molar-refractivity contribution in [1.29, 1.82) is 0 Å². The van der Waals surface area contributed by atoms with E-state index in [2.05, 4.69) is 5.10 Å². The zero-order chi connectivity index (χ0) is 18.3. The third-order valence-corrected chi connectivity index (χ3v) is 4.38. The Bertz CT molecular complexity index is 1190. The minimum Gasteiger partial charge on any atom is -0.397 e. The van der Waals surface area contributed by atoms with E-state index in [0.29, 0.717) is 38.4 Å². The van der Waals surface area contributed by atoms with E-state index in [1.165, 1.54) is 16.8 Å². The fourth-order valence-corrected chi connectivity index (χ4v) is 3.04. The molecule has 3 aromatic carbocycles. The number of fused-ring (bicyclic) bond motifs is 1. The van der Waals surface area contributed by atoms with Crippen molar-refractivity contribution in [2.24, 2.45) is 0 Å². The van der Waals surface area contributed by atoms with Gasteiger partial charge in [0.1, 0.15) is 5.82 Å². The number of nitrogens with zero attached hydrogens (tertiary/aromatic N) is 2. The second-order valence-corrected chi connectivity index (χ2v) is 6.26. The molecule has 0 radical (unpaired) electrons. The molecule has 0 atom stereocenters. The number of rotatable bonds is 2. The van der Waals surface area contributed by atoms with Gasteiger partial charge in [0.15, 0.2) is 0 Å². The van der Waals surface area contributed by atoms with Gasteiger partial charge in [0.2, 0.25) is 0 Å². The summed E-state index contributed by atoms with van der Waals surface area (Å²) in [5.74, 6) is -0.342. The molecule has 0 aliphatic carbocycles. The van der Waals surface area contributed by atoms with Gasteiger partial charge in [-0.2, -0.15) is 9.78 Å². The first-order valence-electron chi connectivity index (χ1n) is 7.88. The van der Waals surface area contributed by atoms with Crippen LogP contribution in [0.2, 0.25) is 5.02 Å². The first-order valence-corrected chi connectivity index (χ1v) is 8.26. The summed E-state index contributed by atoms with van der Waals surface area (Å²) in [6.07, 6.45) is 0. The number of hydrogen-bond donors (Lipinski definition) is 1. The van der Waals surface area contributed by atoms with Crippen LogP contribution in [0.15, 0.2) is 71.5 Å². The second-order valence-electron chi connectivity index (χ2n) is 5.82. The average molecular weight is 366 g/mol. The molecular formula is C20H13ClFN3O.